The van der Waals surface area contributed by atoms with Crippen LogP contribution in [0.5, 0.6) is 0 Å². The predicted molar refractivity (Wildman–Crippen MR) is 91.4 cm³/mol. The van der Waals surface area contributed by atoms with Crippen LogP contribution in [0.3, 0.4) is 0 Å². The van der Waals surface area contributed by atoms with Crippen molar-refractivity contribution in [2.45, 2.75) is 22.5 Å². The summed E-state index contributed by atoms with van der Waals surface area (Å²) in [5, 5.41) is 0. The van der Waals surface area contributed by atoms with E-state index in [0.717, 1.165) is 12.0 Å². The number of hydrogen-bond donors (Lipinski definition) is 0. The Morgan fingerprint density at radius 3 is 2.38 bits per heavy atom. The Bertz CT molecular complexity index is 748. The molecule has 0 amide bonds. The Kier molecular flexibility index (Phi) is 2.81. The van der Waals surface area contributed by atoms with E-state index in [-0.39, 0.29) is 20.3 Å². The van der Waals surface area contributed by atoms with Crippen molar-refractivity contribution in [1.82, 2.24) is 0 Å². The smallest absolute Gasteiger partial charge is 0.172 e. The van der Waals surface area contributed by atoms with Gasteiger partial charge in [-0.2, -0.15) is 0 Å². The van der Waals surface area contributed by atoms with Crippen molar-refractivity contribution < 1.29 is 4.79 Å². The molecule has 2 aliphatic carbocycles. The molecular formula is C18H14Br2O. The first kappa shape index (κ1) is 13.7. The lowest BCUT2D eigenvalue weighted by Gasteiger charge is -2.08. The highest BCUT2D eigenvalue weighted by Gasteiger charge is 2.80. The molecule has 0 heterocycles. The molecule has 0 saturated heterocycles. The standard InChI is InChI=1S/C18H14Br2O/c1-11-6-8-12(9-7-11)15-17(18(15,19)20)10-13-4-2-3-5-14(13)16(17)21/h2-9,15H,10H2,1H3. The first-order chi connectivity index (χ1) is 9.98. The van der Waals surface area contributed by atoms with E-state index in [1.165, 1.54) is 16.7 Å². The molecule has 2 aliphatic rings. The summed E-state index contributed by atoms with van der Waals surface area (Å²) >= 11 is 7.57. The summed E-state index contributed by atoms with van der Waals surface area (Å²) in [5.41, 5.74) is 4.13. The number of halogens is 2. The number of rotatable bonds is 1. The molecule has 0 aliphatic heterocycles. The average molecular weight is 406 g/mol. The highest BCUT2D eigenvalue weighted by Crippen LogP contribution is 2.79. The fourth-order valence-corrected chi connectivity index (χ4v) is 5.91. The molecule has 1 fully saturated rings. The largest absolute Gasteiger partial charge is 0.293 e. The van der Waals surface area contributed by atoms with Crippen molar-refractivity contribution in [3.05, 3.63) is 70.8 Å². The lowest BCUT2D eigenvalue weighted by molar-refractivity contribution is 0.0915. The Labute approximate surface area is 141 Å². The number of carbonyl (C=O) groups is 1. The van der Waals surface area contributed by atoms with Crippen LogP contribution in [-0.4, -0.2) is 9.02 Å². The molecule has 1 spiro atoms. The average Bonchev–Trinajstić information content (AvgIpc) is 2.80. The molecule has 4 rings (SSSR count). The highest BCUT2D eigenvalue weighted by molar-refractivity contribution is 9.25. The Balaban J connectivity index is 1.80. The van der Waals surface area contributed by atoms with E-state index in [0.29, 0.717) is 0 Å². The van der Waals surface area contributed by atoms with Crippen LogP contribution in [0.1, 0.15) is 33.0 Å². The van der Waals surface area contributed by atoms with E-state index >= 15 is 0 Å². The second-order valence-corrected chi connectivity index (χ2v) is 9.67. The second-order valence-electron chi connectivity index (χ2n) is 6.10. The van der Waals surface area contributed by atoms with Gasteiger partial charge in [0.05, 0.1) is 5.41 Å². The zero-order valence-corrected chi connectivity index (χ0v) is 14.7. The van der Waals surface area contributed by atoms with Crippen molar-refractivity contribution in [2.75, 3.05) is 0 Å². The number of carbonyl (C=O) groups excluding carboxylic acids is 1. The number of fused-ring (bicyclic) bond motifs is 1. The van der Waals surface area contributed by atoms with Gasteiger partial charge < -0.3 is 0 Å². The third kappa shape index (κ3) is 1.65. The number of Topliss-reactive ketones (excluding diaryl/α,β-unsaturated/α-hetero) is 1. The van der Waals surface area contributed by atoms with Gasteiger partial charge >= 0.3 is 0 Å². The molecule has 0 aromatic heterocycles. The van der Waals surface area contributed by atoms with Gasteiger partial charge in [0, 0.05) is 11.5 Å². The van der Waals surface area contributed by atoms with Crippen LogP contribution in [0.4, 0.5) is 0 Å². The number of benzene rings is 2. The van der Waals surface area contributed by atoms with Gasteiger partial charge in [0.15, 0.2) is 5.78 Å². The zero-order chi connectivity index (χ0) is 14.8. The van der Waals surface area contributed by atoms with Gasteiger partial charge in [0.1, 0.15) is 3.23 Å². The summed E-state index contributed by atoms with van der Waals surface area (Å²) < 4.78 is -0.335. The molecule has 0 N–H and O–H groups in total. The van der Waals surface area contributed by atoms with E-state index in [1.807, 2.05) is 18.2 Å². The summed E-state index contributed by atoms with van der Waals surface area (Å²) in [6.45, 7) is 2.08. The monoisotopic (exact) mass is 404 g/mol. The van der Waals surface area contributed by atoms with Crippen LogP contribution in [0.2, 0.25) is 0 Å². The summed E-state index contributed by atoms with van der Waals surface area (Å²) in [5.74, 6) is 0.433. The molecule has 1 nitrogen and oxygen atoms in total. The molecule has 2 atom stereocenters. The summed E-state index contributed by atoms with van der Waals surface area (Å²) in [7, 11) is 0. The topological polar surface area (TPSA) is 17.1 Å². The first-order valence-electron chi connectivity index (χ1n) is 7.05. The second kappa shape index (κ2) is 4.30. The maximum Gasteiger partial charge on any atom is 0.172 e. The van der Waals surface area contributed by atoms with Crippen molar-refractivity contribution in [3.8, 4) is 0 Å². The zero-order valence-electron chi connectivity index (χ0n) is 11.6. The lowest BCUT2D eigenvalue weighted by atomic mass is 9.94. The van der Waals surface area contributed by atoms with Gasteiger partial charge in [-0.15, -0.1) is 0 Å². The Hall–Kier alpha value is -0.930. The molecule has 1 saturated carbocycles. The number of ketones is 1. The van der Waals surface area contributed by atoms with E-state index in [2.05, 4.69) is 69.1 Å². The van der Waals surface area contributed by atoms with Gasteiger partial charge in [-0.1, -0.05) is 86.0 Å². The summed E-state index contributed by atoms with van der Waals surface area (Å²) in [6.07, 6.45) is 0.803. The maximum atomic E-state index is 13.0. The fourth-order valence-electron chi connectivity index (χ4n) is 3.73. The van der Waals surface area contributed by atoms with Gasteiger partial charge in [-0.3, -0.25) is 4.79 Å². The molecule has 2 aromatic carbocycles. The van der Waals surface area contributed by atoms with E-state index in [1.54, 1.807) is 0 Å². The van der Waals surface area contributed by atoms with Gasteiger partial charge in [-0.25, -0.2) is 0 Å². The SMILES string of the molecule is Cc1ccc(C2C(Br)(Br)C23Cc2ccccc2C3=O)cc1. The fraction of sp³-hybridized carbons (Fsp3) is 0.278. The molecule has 0 radical (unpaired) electrons. The molecule has 106 valence electrons. The van der Waals surface area contributed by atoms with Gasteiger partial charge in [0.25, 0.3) is 0 Å². The minimum Gasteiger partial charge on any atom is -0.293 e. The van der Waals surface area contributed by atoms with Crippen molar-refractivity contribution in [3.63, 3.8) is 0 Å². The van der Waals surface area contributed by atoms with Crippen LogP contribution in [0, 0.1) is 12.3 Å². The first-order valence-corrected chi connectivity index (χ1v) is 8.64. The molecule has 0 bridgehead atoms. The molecule has 3 heteroatoms. The summed E-state index contributed by atoms with van der Waals surface area (Å²) in [6, 6.07) is 16.5. The van der Waals surface area contributed by atoms with Crippen molar-refractivity contribution >= 4 is 37.6 Å². The molecule has 21 heavy (non-hydrogen) atoms. The van der Waals surface area contributed by atoms with E-state index in [9.17, 15) is 4.79 Å². The minimum atomic E-state index is -0.383. The van der Waals surface area contributed by atoms with Crippen LogP contribution in [0.25, 0.3) is 0 Å². The van der Waals surface area contributed by atoms with Gasteiger partial charge in [0.2, 0.25) is 0 Å². The lowest BCUT2D eigenvalue weighted by Crippen LogP contribution is -2.17. The Morgan fingerprint density at radius 1 is 1.05 bits per heavy atom. The number of hydrogen-bond acceptors (Lipinski definition) is 1. The normalized spacial score (nSPS) is 28.7. The number of aryl methyl sites for hydroxylation is 1. The minimum absolute atomic E-state index is 0.172. The van der Waals surface area contributed by atoms with Crippen molar-refractivity contribution in [1.29, 1.82) is 0 Å². The predicted octanol–water partition coefficient (Wildman–Crippen LogP) is 5.00. The Morgan fingerprint density at radius 2 is 1.71 bits per heavy atom. The maximum absolute atomic E-state index is 13.0. The third-order valence-corrected chi connectivity index (χ3v) is 7.24. The van der Waals surface area contributed by atoms with Crippen LogP contribution in [0.15, 0.2) is 48.5 Å². The number of alkyl halides is 2. The van der Waals surface area contributed by atoms with Crippen LogP contribution >= 0.6 is 31.9 Å². The summed E-state index contributed by atoms with van der Waals surface area (Å²) in [4.78, 5) is 13.0. The van der Waals surface area contributed by atoms with Crippen LogP contribution in [-0.2, 0) is 6.42 Å². The quantitative estimate of drug-likeness (QED) is 0.610. The molecule has 2 aromatic rings. The van der Waals surface area contributed by atoms with Gasteiger partial charge in [-0.05, 0) is 24.5 Å². The van der Waals surface area contributed by atoms with E-state index < -0.39 is 0 Å². The third-order valence-electron chi connectivity index (χ3n) is 4.91. The molecule has 2 unspecified atom stereocenters. The van der Waals surface area contributed by atoms with E-state index in [4.69, 9.17) is 0 Å². The van der Waals surface area contributed by atoms with Crippen molar-refractivity contribution in [2.24, 2.45) is 5.41 Å². The molecular weight excluding hydrogens is 392 g/mol. The van der Waals surface area contributed by atoms with Crippen LogP contribution < -0.4 is 0 Å². The highest BCUT2D eigenvalue weighted by atomic mass is 79.9.